The largest absolute Gasteiger partial charge is 0.492 e. The lowest BCUT2D eigenvalue weighted by Gasteiger charge is -2.26. The Labute approximate surface area is 142 Å². The number of hydrogen-bond acceptors (Lipinski definition) is 4. The molecule has 130 valence electrons. The fourth-order valence-electron chi connectivity index (χ4n) is 2.82. The first kappa shape index (κ1) is 16.8. The summed E-state index contributed by atoms with van der Waals surface area (Å²) in [6.07, 6.45) is 0. The number of rotatable bonds is 6. The second kappa shape index (κ2) is 7.68. The number of carbonyl (C=O) groups is 1. The van der Waals surface area contributed by atoms with Crippen LogP contribution in [0.25, 0.3) is 10.9 Å². The van der Waals surface area contributed by atoms with Crippen LogP contribution in [0.5, 0.6) is 5.75 Å². The number of morpholine rings is 1. The third-order valence-corrected chi connectivity index (χ3v) is 4.06. The maximum absolute atomic E-state index is 12.2. The molecule has 0 bridgehead atoms. The molecule has 2 heterocycles. The summed E-state index contributed by atoms with van der Waals surface area (Å²) in [7, 11) is 0. The molecule has 1 aliphatic heterocycles. The van der Waals surface area contributed by atoms with E-state index in [1.807, 2.05) is 38.1 Å². The van der Waals surface area contributed by atoms with Crippen LogP contribution in [0.1, 0.15) is 24.3 Å². The van der Waals surface area contributed by atoms with Gasteiger partial charge in [0.05, 0.1) is 13.2 Å². The maximum atomic E-state index is 12.2. The Morgan fingerprint density at radius 1 is 1.38 bits per heavy atom. The number of aromatic nitrogens is 1. The van der Waals surface area contributed by atoms with Crippen LogP contribution in [0.2, 0.25) is 0 Å². The highest BCUT2D eigenvalue weighted by molar-refractivity contribution is 5.99. The van der Waals surface area contributed by atoms with Gasteiger partial charge in [-0.3, -0.25) is 9.69 Å². The smallest absolute Gasteiger partial charge is 0.267 e. The zero-order chi connectivity index (χ0) is 16.9. The van der Waals surface area contributed by atoms with E-state index >= 15 is 0 Å². The highest BCUT2D eigenvalue weighted by Crippen LogP contribution is 2.26. The van der Waals surface area contributed by atoms with Gasteiger partial charge in [-0.1, -0.05) is 6.07 Å². The van der Waals surface area contributed by atoms with Gasteiger partial charge in [-0.2, -0.15) is 0 Å². The van der Waals surface area contributed by atoms with Crippen molar-refractivity contribution in [3.8, 4) is 5.75 Å². The van der Waals surface area contributed by atoms with Crippen LogP contribution < -0.4 is 10.1 Å². The first-order valence-electron chi connectivity index (χ1n) is 8.49. The number of H-pyrrole nitrogens is 1. The molecule has 24 heavy (non-hydrogen) atoms. The van der Waals surface area contributed by atoms with Crippen LogP contribution in [0.15, 0.2) is 24.3 Å². The van der Waals surface area contributed by atoms with E-state index in [-0.39, 0.29) is 11.9 Å². The summed E-state index contributed by atoms with van der Waals surface area (Å²) in [6.45, 7) is 8.89. The van der Waals surface area contributed by atoms with Gasteiger partial charge >= 0.3 is 0 Å². The average Bonchev–Trinajstić information content (AvgIpc) is 3.00. The first-order chi connectivity index (χ1) is 11.6. The Hall–Kier alpha value is -2.05. The molecule has 1 saturated heterocycles. The molecule has 3 rings (SSSR count). The van der Waals surface area contributed by atoms with Crippen LogP contribution in [-0.4, -0.2) is 61.3 Å². The lowest BCUT2D eigenvalue weighted by Crippen LogP contribution is -2.38. The summed E-state index contributed by atoms with van der Waals surface area (Å²) in [6, 6.07) is 7.80. The third-order valence-electron chi connectivity index (χ3n) is 4.06. The van der Waals surface area contributed by atoms with Crippen molar-refractivity contribution in [3.63, 3.8) is 0 Å². The molecule has 1 fully saturated rings. The minimum absolute atomic E-state index is 0.0968. The predicted molar refractivity (Wildman–Crippen MR) is 93.7 cm³/mol. The van der Waals surface area contributed by atoms with E-state index < -0.39 is 0 Å². The van der Waals surface area contributed by atoms with E-state index in [1.165, 1.54) is 0 Å². The van der Waals surface area contributed by atoms with Gasteiger partial charge in [0.15, 0.2) is 0 Å². The number of fused-ring (bicyclic) bond motifs is 1. The molecule has 1 aliphatic rings. The van der Waals surface area contributed by atoms with Gasteiger partial charge in [-0.05, 0) is 32.0 Å². The minimum atomic E-state index is -0.0968. The summed E-state index contributed by atoms with van der Waals surface area (Å²) >= 11 is 0. The van der Waals surface area contributed by atoms with Gasteiger partial charge in [-0.25, -0.2) is 0 Å². The van der Waals surface area contributed by atoms with Crippen LogP contribution in [0.3, 0.4) is 0 Å². The van der Waals surface area contributed by atoms with Crippen molar-refractivity contribution in [1.82, 2.24) is 15.2 Å². The highest BCUT2D eigenvalue weighted by Gasteiger charge is 2.14. The van der Waals surface area contributed by atoms with Crippen LogP contribution in [0, 0.1) is 0 Å². The lowest BCUT2D eigenvalue weighted by atomic mass is 10.2. The van der Waals surface area contributed by atoms with E-state index in [0.29, 0.717) is 12.3 Å². The van der Waals surface area contributed by atoms with E-state index in [0.717, 1.165) is 49.5 Å². The fraction of sp³-hybridized carbons (Fsp3) is 0.500. The van der Waals surface area contributed by atoms with Gasteiger partial charge < -0.3 is 19.8 Å². The summed E-state index contributed by atoms with van der Waals surface area (Å²) < 4.78 is 11.3. The molecule has 0 atom stereocenters. The second-order valence-electron chi connectivity index (χ2n) is 6.33. The second-order valence-corrected chi connectivity index (χ2v) is 6.33. The van der Waals surface area contributed by atoms with Crippen molar-refractivity contribution in [1.29, 1.82) is 0 Å². The molecule has 0 spiro atoms. The molecule has 0 saturated carbocycles. The Morgan fingerprint density at radius 3 is 2.92 bits per heavy atom. The van der Waals surface area contributed by atoms with Crippen molar-refractivity contribution in [2.24, 2.45) is 0 Å². The first-order valence-corrected chi connectivity index (χ1v) is 8.49. The van der Waals surface area contributed by atoms with Crippen molar-refractivity contribution >= 4 is 16.8 Å². The summed E-state index contributed by atoms with van der Waals surface area (Å²) in [5, 5.41) is 3.83. The summed E-state index contributed by atoms with van der Waals surface area (Å²) in [4.78, 5) is 17.7. The minimum Gasteiger partial charge on any atom is -0.492 e. The van der Waals surface area contributed by atoms with Gasteiger partial charge in [0, 0.05) is 36.6 Å². The number of nitrogens with zero attached hydrogens (tertiary/aromatic N) is 1. The predicted octanol–water partition coefficient (Wildman–Crippen LogP) is 2.02. The van der Waals surface area contributed by atoms with E-state index in [2.05, 4.69) is 15.2 Å². The lowest BCUT2D eigenvalue weighted by molar-refractivity contribution is 0.0323. The average molecular weight is 331 g/mol. The van der Waals surface area contributed by atoms with E-state index in [9.17, 15) is 4.79 Å². The van der Waals surface area contributed by atoms with Crippen molar-refractivity contribution in [2.45, 2.75) is 19.9 Å². The zero-order valence-corrected chi connectivity index (χ0v) is 14.3. The molecule has 0 aliphatic carbocycles. The molecule has 2 N–H and O–H groups in total. The molecule has 6 nitrogen and oxygen atoms in total. The molecule has 1 aromatic heterocycles. The highest BCUT2D eigenvalue weighted by atomic mass is 16.5. The number of carbonyl (C=O) groups excluding carboxylic acids is 1. The fourth-order valence-corrected chi connectivity index (χ4v) is 2.82. The number of nitrogens with one attached hydrogen (secondary N) is 2. The van der Waals surface area contributed by atoms with Crippen LogP contribution in [0.4, 0.5) is 0 Å². The number of amides is 1. The number of benzene rings is 1. The molecule has 0 unspecified atom stereocenters. The number of aromatic amines is 1. The Morgan fingerprint density at radius 2 is 2.17 bits per heavy atom. The molecule has 1 aromatic carbocycles. The van der Waals surface area contributed by atoms with Crippen LogP contribution >= 0.6 is 0 Å². The van der Waals surface area contributed by atoms with Gasteiger partial charge in [0.2, 0.25) is 0 Å². The Balaban J connectivity index is 1.66. The monoisotopic (exact) mass is 331 g/mol. The molecular formula is C18H25N3O3. The standard InChI is InChI=1S/C18H25N3O3/c1-13(2)19-18(22)16-12-14-15(20-16)4-3-5-17(14)24-11-8-21-6-9-23-10-7-21/h3-5,12-13,20H,6-11H2,1-2H3,(H,19,22). The zero-order valence-electron chi connectivity index (χ0n) is 14.3. The quantitative estimate of drug-likeness (QED) is 0.850. The van der Waals surface area contributed by atoms with Crippen molar-refractivity contribution in [2.75, 3.05) is 39.5 Å². The molecule has 0 radical (unpaired) electrons. The SMILES string of the molecule is CC(C)NC(=O)c1cc2c(OCCN3CCOCC3)cccc2[nH]1. The third kappa shape index (κ3) is 4.07. The number of hydrogen-bond donors (Lipinski definition) is 2. The van der Waals surface area contributed by atoms with Gasteiger partial charge in [0.25, 0.3) is 5.91 Å². The van der Waals surface area contributed by atoms with Gasteiger partial charge in [0.1, 0.15) is 18.1 Å². The number of ether oxygens (including phenoxy) is 2. The maximum Gasteiger partial charge on any atom is 0.267 e. The molecule has 2 aromatic rings. The Bertz CT molecular complexity index is 690. The Kier molecular flexibility index (Phi) is 5.37. The normalized spacial score (nSPS) is 15.8. The van der Waals surface area contributed by atoms with Crippen molar-refractivity contribution < 1.29 is 14.3 Å². The topological polar surface area (TPSA) is 66.6 Å². The summed E-state index contributed by atoms with van der Waals surface area (Å²) in [5.41, 5.74) is 1.47. The van der Waals surface area contributed by atoms with Crippen molar-refractivity contribution in [3.05, 3.63) is 30.0 Å². The summed E-state index contributed by atoms with van der Waals surface area (Å²) in [5.74, 6) is 0.709. The van der Waals surface area contributed by atoms with E-state index in [4.69, 9.17) is 9.47 Å². The van der Waals surface area contributed by atoms with Gasteiger partial charge in [-0.15, -0.1) is 0 Å². The van der Waals surface area contributed by atoms with Crippen LogP contribution in [-0.2, 0) is 4.74 Å². The molecule has 1 amide bonds. The molecule has 6 heteroatoms. The molecular weight excluding hydrogens is 306 g/mol. The van der Waals surface area contributed by atoms with E-state index in [1.54, 1.807) is 0 Å².